The Morgan fingerprint density at radius 1 is 0.347 bits per heavy atom. The topological polar surface area (TPSA) is 174 Å². The molecule has 0 fully saturated rings. The Morgan fingerprint density at radius 2 is 0.556 bits per heavy atom. The van der Waals surface area contributed by atoms with Gasteiger partial charge in [0.2, 0.25) is 0 Å². The van der Waals surface area contributed by atoms with Crippen LogP contribution in [0.2, 0.25) is 0 Å². The number of H-pyrrole nitrogens is 2. The molecule has 0 spiro atoms. The van der Waals surface area contributed by atoms with Gasteiger partial charge >= 0.3 is 0 Å². The first-order valence-corrected chi connectivity index (χ1v) is 23.1. The van der Waals surface area contributed by atoms with Gasteiger partial charge < -0.3 is 31.2 Å². The van der Waals surface area contributed by atoms with Crippen molar-refractivity contribution in [3.05, 3.63) is 193 Å². The molecule has 5 heterocycles. The number of hydrogen-bond acceptors (Lipinski definition) is 6. The van der Waals surface area contributed by atoms with Crippen LogP contribution < -0.4 is 21.3 Å². The fraction of sp³-hybridized carbons (Fsp3) is 0.0667. The molecule has 354 valence electrons. The zero-order chi connectivity index (χ0) is 50.8. The smallest absolute Gasteiger partial charge is 0.250 e. The van der Waals surface area contributed by atoms with Gasteiger partial charge in [0.15, 0.2) is 0 Å². The van der Waals surface area contributed by atoms with Crippen LogP contribution in [0.15, 0.2) is 170 Å². The molecular weight excluding hydrogens is 897 g/mol. The van der Waals surface area contributed by atoms with Crippen LogP contribution in [0.5, 0.6) is 0 Å². The molecule has 2 aliphatic heterocycles. The Labute approximate surface area is 416 Å². The van der Waals surface area contributed by atoms with Gasteiger partial charge in [-0.3, -0.25) is 19.2 Å². The van der Waals surface area contributed by atoms with Crippen LogP contribution in [0.1, 0.15) is 50.5 Å². The van der Waals surface area contributed by atoms with E-state index < -0.39 is 0 Å². The second-order valence-corrected chi connectivity index (χ2v) is 17.6. The van der Waals surface area contributed by atoms with E-state index in [9.17, 15) is 19.2 Å². The molecule has 2 aliphatic rings. The van der Waals surface area contributed by atoms with Gasteiger partial charge in [-0.05, 0) is 101 Å². The summed E-state index contributed by atoms with van der Waals surface area (Å²) in [7, 11) is 0. The van der Waals surface area contributed by atoms with Crippen LogP contribution in [0.3, 0.4) is 0 Å². The molecule has 0 saturated carbocycles. The number of para-hydroxylation sites is 4. The van der Waals surface area contributed by atoms with Crippen molar-refractivity contribution < 1.29 is 19.2 Å². The lowest BCUT2D eigenvalue weighted by Gasteiger charge is -2.14. The predicted octanol–water partition coefficient (Wildman–Crippen LogP) is 13.4. The van der Waals surface area contributed by atoms with Gasteiger partial charge in [-0.1, -0.05) is 99.1 Å². The Bertz CT molecular complexity index is 3280. The van der Waals surface area contributed by atoms with Crippen molar-refractivity contribution in [3.63, 3.8) is 0 Å². The highest BCUT2D eigenvalue weighted by atomic mass is 16.2. The Balaban J connectivity index is 1.48. The summed E-state index contributed by atoms with van der Waals surface area (Å²) in [5.41, 5.74) is 13.7. The summed E-state index contributed by atoms with van der Waals surface area (Å²) in [4.78, 5) is 71.5. The Morgan fingerprint density at radius 3 is 0.764 bits per heavy atom. The van der Waals surface area contributed by atoms with E-state index in [1.54, 1.807) is 27.7 Å². The van der Waals surface area contributed by atoms with Gasteiger partial charge in [0.1, 0.15) is 0 Å². The maximum absolute atomic E-state index is 13.3. The van der Waals surface area contributed by atoms with E-state index in [1.807, 2.05) is 146 Å². The van der Waals surface area contributed by atoms with Gasteiger partial charge in [0.05, 0.1) is 22.8 Å². The number of fused-ring (bicyclic) bond motifs is 8. The lowest BCUT2D eigenvalue weighted by atomic mass is 10.0. The maximum Gasteiger partial charge on any atom is 0.250 e. The summed E-state index contributed by atoms with van der Waals surface area (Å²) < 4.78 is 0. The minimum absolute atomic E-state index is 0.337. The molecule has 7 aromatic rings. The molecule has 12 nitrogen and oxygen atoms in total. The average molecular weight is 947 g/mol. The first-order valence-electron chi connectivity index (χ1n) is 23.1. The summed E-state index contributed by atoms with van der Waals surface area (Å²) in [5, 5.41) is 12.2. The van der Waals surface area contributed by atoms with Crippen LogP contribution in [0, 0.1) is 0 Å². The highest BCUT2D eigenvalue weighted by Crippen LogP contribution is 2.43. The second kappa shape index (κ2) is 19.7. The number of benzene rings is 4. The molecule has 8 bridgehead atoms. The molecule has 9 rings (SSSR count). The van der Waals surface area contributed by atoms with Crippen molar-refractivity contribution in [2.45, 2.75) is 27.7 Å². The molecule has 0 saturated heterocycles. The first kappa shape index (κ1) is 47.4. The summed E-state index contributed by atoms with van der Waals surface area (Å²) in [6.07, 6.45) is 7.70. The minimum atomic E-state index is -0.342. The molecule has 72 heavy (non-hydrogen) atoms. The molecule has 6 N–H and O–H groups in total. The SMILES string of the molecule is C=C(C)C(=O)Nc1ccccc1-c1c2nc(c(-c3ccccc3NC(=O)C(=C)C)c3ccc([nH]3)c(-c3ccccc3NC(=O)C(=C)C)c3nc(c(-c4ccccc4NC(=O)C(=C)C)c4ccc1[nH]4)C=C3)C=C2. The summed E-state index contributed by atoms with van der Waals surface area (Å²) in [6, 6.07) is 37.8. The number of amides is 4. The van der Waals surface area contributed by atoms with Gasteiger partial charge in [-0.25, -0.2) is 9.97 Å². The van der Waals surface area contributed by atoms with Gasteiger partial charge in [0, 0.05) is 112 Å². The average Bonchev–Trinajstić information content (AvgIpc) is 4.22. The van der Waals surface area contributed by atoms with Crippen LogP contribution >= 0.6 is 0 Å². The van der Waals surface area contributed by atoms with Crippen molar-refractivity contribution >= 4 is 92.7 Å². The number of rotatable bonds is 12. The number of carbonyl (C=O) groups excluding carboxylic acids is 4. The second-order valence-electron chi connectivity index (χ2n) is 17.6. The number of nitrogens with one attached hydrogen (secondary N) is 6. The number of anilines is 4. The van der Waals surface area contributed by atoms with Gasteiger partial charge in [-0.2, -0.15) is 0 Å². The summed E-state index contributed by atoms with van der Waals surface area (Å²) in [5.74, 6) is -1.37. The first-order chi connectivity index (χ1) is 34.7. The Hall–Kier alpha value is -9.68. The van der Waals surface area contributed by atoms with E-state index in [1.165, 1.54) is 0 Å². The van der Waals surface area contributed by atoms with Crippen molar-refractivity contribution in [3.8, 4) is 44.5 Å². The third kappa shape index (κ3) is 9.39. The van der Waals surface area contributed by atoms with Crippen LogP contribution in [0.4, 0.5) is 22.7 Å². The van der Waals surface area contributed by atoms with Gasteiger partial charge in [0.25, 0.3) is 23.6 Å². The summed E-state index contributed by atoms with van der Waals surface area (Å²) >= 11 is 0. The number of aromatic amines is 2. The zero-order valence-corrected chi connectivity index (χ0v) is 40.2. The van der Waals surface area contributed by atoms with Crippen molar-refractivity contribution in [2.24, 2.45) is 0 Å². The van der Waals surface area contributed by atoms with E-state index in [2.05, 4.69) is 57.6 Å². The molecule has 0 aliphatic carbocycles. The zero-order valence-electron chi connectivity index (χ0n) is 40.2. The van der Waals surface area contributed by atoms with E-state index in [0.29, 0.717) is 134 Å². The molecule has 0 radical (unpaired) electrons. The van der Waals surface area contributed by atoms with Crippen LogP contribution in [-0.4, -0.2) is 43.6 Å². The van der Waals surface area contributed by atoms with Crippen molar-refractivity contribution in [1.29, 1.82) is 0 Å². The lowest BCUT2D eigenvalue weighted by Crippen LogP contribution is -2.12. The normalized spacial score (nSPS) is 11.4. The van der Waals surface area contributed by atoms with E-state index in [4.69, 9.17) is 9.97 Å². The Kier molecular flexibility index (Phi) is 13.0. The fourth-order valence-corrected chi connectivity index (χ4v) is 8.50. The summed E-state index contributed by atoms with van der Waals surface area (Å²) in [6.45, 7) is 22.1. The number of nitrogens with zero attached hydrogens (tertiary/aromatic N) is 2. The highest BCUT2D eigenvalue weighted by molar-refractivity contribution is 6.11. The number of carbonyl (C=O) groups is 4. The van der Waals surface area contributed by atoms with E-state index >= 15 is 0 Å². The fourth-order valence-electron chi connectivity index (χ4n) is 8.50. The number of aromatic nitrogens is 4. The third-order valence-electron chi connectivity index (χ3n) is 12.1. The standard InChI is InChI=1S/C60H50N8O4/c1-33(2)57(69)65-41-21-13-9-17-37(41)53-45-25-27-47(61-45)54(38-18-10-14-22-42(38)66-58(70)34(3)4)49-29-31-51(63-49)56(40-20-12-16-24-44(40)68-60(72)36(7)8)52-32-30-50(64-52)55(48-28-26-46(53)62-48)39-19-11-15-23-43(39)67-59(71)35(5)6/h9-32,61,64H,1,3,5,7H2,2,4,6,8H3,(H,65,69)(H,66,70)(H,67,71)(H,68,72). The largest absolute Gasteiger partial charge is 0.354 e. The highest BCUT2D eigenvalue weighted by Gasteiger charge is 2.24. The van der Waals surface area contributed by atoms with Crippen LogP contribution in [0.25, 0.3) is 90.9 Å². The quantitative estimate of drug-likeness (QED) is 0.0665. The lowest BCUT2D eigenvalue weighted by molar-refractivity contribution is -0.113. The monoisotopic (exact) mass is 946 g/mol. The maximum atomic E-state index is 13.3. The molecule has 3 aromatic heterocycles. The minimum Gasteiger partial charge on any atom is -0.354 e. The molecular formula is C60H50N8O4. The van der Waals surface area contributed by atoms with Gasteiger partial charge in [-0.15, -0.1) is 0 Å². The van der Waals surface area contributed by atoms with E-state index in [0.717, 1.165) is 0 Å². The molecule has 4 amide bonds. The van der Waals surface area contributed by atoms with Crippen molar-refractivity contribution in [1.82, 2.24) is 19.9 Å². The van der Waals surface area contributed by atoms with Crippen LogP contribution in [-0.2, 0) is 19.2 Å². The molecule has 12 heteroatoms. The van der Waals surface area contributed by atoms with Crippen molar-refractivity contribution in [2.75, 3.05) is 21.3 Å². The number of hydrogen-bond donors (Lipinski definition) is 6. The predicted molar refractivity (Wildman–Crippen MR) is 294 cm³/mol. The molecule has 0 unspecified atom stereocenters. The third-order valence-corrected chi connectivity index (χ3v) is 12.1. The molecule has 0 atom stereocenters. The molecule has 4 aromatic carbocycles. The van der Waals surface area contributed by atoms with E-state index in [-0.39, 0.29) is 23.6 Å².